The highest BCUT2D eigenvalue weighted by molar-refractivity contribution is 5.97. The Morgan fingerprint density at radius 2 is 1.86 bits per heavy atom. The molecule has 6 nitrogen and oxygen atoms in total. The third-order valence-corrected chi connectivity index (χ3v) is 5.54. The number of hydrogen-bond donors (Lipinski definition) is 0. The number of amides is 2. The van der Waals surface area contributed by atoms with Gasteiger partial charge in [-0.1, -0.05) is 30.3 Å². The smallest absolute Gasteiger partial charge is 0.326 e. The Morgan fingerprint density at radius 3 is 2.66 bits per heavy atom. The Balaban J connectivity index is 0.00000205. The number of likely N-dealkylation sites (tertiary alicyclic amines) is 1. The summed E-state index contributed by atoms with van der Waals surface area (Å²) in [4.78, 5) is 21.8. The van der Waals surface area contributed by atoms with Crippen molar-refractivity contribution in [2.75, 3.05) is 25.1 Å². The molecule has 0 aliphatic carbocycles. The maximum Gasteiger partial charge on any atom is 0.326 e. The van der Waals surface area contributed by atoms with E-state index in [4.69, 9.17) is 4.74 Å². The first-order chi connectivity index (χ1) is 13.8. The van der Waals surface area contributed by atoms with Gasteiger partial charge in [-0.15, -0.1) is 12.4 Å². The number of rotatable bonds is 2. The first-order valence-corrected chi connectivity index (χ1v) is 9.62. The lowest BCUT2D eigenvalue weighted by molar-refractivity contribution is 0.213. The van der Waals surface area contributed by atoms with Gasteiger partial charge in [0.25, 0.3) is 0 Å². The molecule has 2 aliphatic rings. The van der Waals surface area contributed by atoms with Gasteiger partial charge in [-0.25, -0.2) is 9.78 Å². The average Bonchev–Trinajstić information content (AvgIpc) is 3.43. The molecule has 1 aromatic heterocycles. The number of hydrogen-bond acceptors (Lipinski definition) is 3. The molecule has 0 bridgehead atoms. The van der Waals surface area contributed by atoms with Gasteiger partial charge in [-0.3, -0.25) is 4.90 Å². The number of imidazole rings is 1. The van der Waals surface area contributed by atoms with Gasteiger partial charge >= 0.3 is 6.03 Å². The zero-order valence-electron chi connectivity index (χ0n) is 16.2. The molecule has 5 rings (SSSR count). The van der Waals surface area contributed by atoms with Crippen LogP contribution in [0, 0.1) is 0 Å². The van der Waals surface area contributed by atoms with Crippen LogP contribution >= 0.6 is 12.4 Å². The van der Waals surface area contributed by atoms with Crippen LogP contribution in [-0.4, -0.2) is 40.7 Å². The van der Waals surface area contributed by atoms with Crippen molar-refractivity contribution >= 4 is 24.1 Å². The highest BCUT2D eigenvalue weighted by atomic mass is 35.5. The number of methoxy groups -OCH3 is 1. The number of halogens is 1. The molecule has 0 saturated carbocycles. The van der Waals surface area contributed by atoms with Gasteiger partial charge in [-0.05, 0) is 31.0 Å². The number of para-hydroxylation sites is 1. The van der Waals surface area contributed by atoms with Crippen molar-refractivity contribution in [1.82, 2.24) is 14.5 Å². The molecule has 0 unspecified atom stereocenters. The predicted molar refractivity (Wildman–Crippen MR) is 116 cm³/mol. The van der Waals surface area contributed by atoms with Gasteiger partial charge < -0.3 is 14.2 Å². The molecule has 0 atom stereocenters. The fourth-order valence-electron chi connectivity index (χ4n) is 4.11. The van der Waals surface area contributed by atoms with E-state index in [1.165, 1.54) is 0 Å². The fourth-order valence-corrected chi connectivity index (χ4v) is 4.11. The zero-order valence-corrected chi connectivity index (χ0v) is 17.1. The first kappa shape index (κ1) is 19.3. The molecule has 1 saturated heterocycles. The zero-order chi connectivity index (χ0) is 19.1. The van der Waals surface area contributed by atoms with Crippen LogP contribution in [0.3, 0.4) is 0 Å². The molecule has 150 valence electrons. The van der Waals surface area contributed by atoms with E-state index in [0.29, 0.717) is 6.67 Å². The van der Waals surface area contributed by atoms with Gasteiger partial charge in [0.15, 0.2) is 0 Å². The molecule has 29 heavy (non-hydrogen) atoms. The maximum atomic E-state index is 13.2. The van der Waals surface area contributed by atoms with Crippen molar-refractivity contribution < 1.29 is 9.53 Å². The summed E-state index contributed by atoms with van der Waals surface area (Å²) in [5, 5.41) is 0. The fraction of sp³-hybridized carbons (Fsp3) is 0.273. The van der Waals surface area contributed by atoms with Crippen LogP contribution in [0.1, 0.15) is 12.8 Å². The van der Waals surface area contributed by atoms with Crippen LogP contribution in [0.4, 0.5) is 10.5 Å². The molecule has 7 heteroatoms. The summed E-state index contributed by atoms with van der Waals surface area (Å²) in [6, 6.07) is 16.0. The van der Waals surface area contributed by atoms with Crippen LogP contribution in [0.25, 0.3) is 22.6 Å². The monoisotopic (exact) mass is 410 g/mol. The number of ether oxygens (including phenoxy) is 1. The SMILES string of the molecule is COc1cccc(-c2ncc3n2CN(C(=O)N2CCCC2)c2ccccc2-3)c1.Cl. The summed E-state index contributed by atoms with van der Waals surface area (Å²) >= 11 is 0. The minimum atomic E-state index is 0. The summed E-state index contributed by atoms with van der Waals surface area (Å²) in [5.41, 5.74) is 3.98. The summed E-state index contributed by atoms with van der Waals surface area (Å²) in [5.74, 6) is 1.62. The summed E-state index contributed by atoms with van der Waals surface area (Å²) in [6.07, 6.45) is 4.05. The number of carbonyl (C=O) groups is 1. The molecule has 3 aromatic rings. The second-order valence-corrected chi connectivity index (χ2v) is 7.19. The Kier molecular flexibility index (Phi) is 5.20. The second kappa shape index (κ2) is 7.79. The standard InChI is InChI=1S/C22H22N4O2.ClH/c1-28-17-8-6-7-16(13-17)21-23-14-20-18-9-2-3-10-19(18)26(15-25(20)21)22(27)24-11-4-5-12-24;/h2-3,6-10,13-14H,4-5,11-12,15H2,1H3;1H. The molecule has 0 N–H and O–H groups in total. The van der Waals surface area contributed by atoms with E-state index in [-0.39, 0.29) is 18.4 Å². The molecular formula is C22H23ClN4O2. The van der Waals surface area contributed by atoms with Crippen molar-refractivity contribution in [3.8, 4) is 28.4 Å². The Labute approximate surface area is 176 Å². The molecule has 0 spiro atoms. The van der Waals surface area contributed by atoms with Gasteiger partial charge in [-0.2, -0.15) is 0 Å². The van der Waals surface area contributed by atoms with Gasteiger partial charge in [0.05, 0.1) is 24.7 Å². The number of anilines is 1. The first-order valence-electron chi connectivity index (χ1n) is 9.62. The molecule has 1 fully saturated rings. The molecule has 2 aromatic carbocycles. The summed E-state index contributed by atoms with van der Waals surface area (Å²) in [6.45, 7) is 2.11. The topological polar surface area (TPSA) is 50.6 Å². The Hall–Kier alpha value is -2.99. The number of fused-ring (bicyclic) bond motifs is 3. The highest BCUT2D eigenvalue weighted by Crippen LogP contribution is 2.39. The van der Waals surface area contributed by atoms with Crippen LogP contribution < -0.4 is 9.64 Å². The summed E-state index contributed by atoms with van der Waals surface area (Å²) < 4.78 is 7.49. The van der Waals surface area contributed by atoms with Crippen LogP contribution in [0.2, 0.25) is 0 Å². The number of aromatic nitrogens is 2. The van der Waals surface area contributed by atoms with Crippen LogP contribution in [0.5, 0.6) is 5.75 Å². The van der Waals surface area contributed by atoms with Crippen molar-refractivity contribution in [2.24, 2.45) is 0 Å². The lowest BCUT2D eigenvalue weighted by Gasteiger charge is -2.34. The van der Waals surface area contributed by atoms with Gasteiger partial charge in [0.1, 0.15) is 18.2 Å². The van der Waals surface area contributed by atoms with Crippen LogP contribution in [0.15, 0.2) is 54.7 Å². The minimum absolute atomic E-state index is 0. The van der Waals surface area contributed by atoms with E-state index in [1.54, 1.807) is 7.11 Å². The lowest BCUT2D eigenvalue weighted by atomic mass is 10.1. The van der Waals surface area contributed by atoms with E-state index in [9.17, 15) is 4.79 Å². The van der Waals surface area contributed by atoms with Crippen molar-refractivity contribution in [1.29, 1.82) is 0 Å². The molecule has 3 heterocycles. The number of carbonyl (C=O) groups excluding carboxylic acids is 1. The van der Waals surface area contributed by atoms with Gasteiger partial charge in [0, 0.05) is 24.2 Å². The number of urea groups is 1. The quantitative estimate of drug-likeness (QED) is 0.618. The third-order valence-electron chi connectivity index (χ3n) is 5.54. The van der Waals surface area contributed by atoms with E-state index < -0.39 is 0 Å². The van der Waals surface area contributed by atoms with E-state index in [2.05, 4.69) is 15.6 Å². The number of benzene rings is 2. The van der Waals surface area contributed by atoms with Crippen molar-refractivity contribution in [2.45, 2.75) is 19.5 Å². The summed E-state index contributed by atoms with van der Waals surface area (Å²) in [7, 11) is 1.66. The molecular weight excluding hydrogens is 388 g/mol. The van der Waals surface area contributed by atoms with E-state index in [1.807, 2.05) is 58.5 Å². The second-order valence-electron chi connectivity index (χ2n) is 7.19. The maximum absolute atomic E-state index is 13.2. The molecule has 2 amide bonds. The molecule has 0 radical (unpaired) electrons. The third kappa shape index (κ3) is 3.23. The van der Waals surface area contributed by atoms with E-state index >= 15 is 0 Å². The van der Waals surface area contributed by atoms with Crippen molar-refractivity contribution in [3.63, 3.8) is 0 Å². The number of nitrogens with zero attached hydrogens (tertiary/aromatic N) is 4. The average molecular weight is 411 g/mol. The lowest BCUT2D eigenvalue weighted by Crippen LogP contribution is -2.44. The predicted octanol–water partition coefficient (Wildman–Crippen LogP) is 4.64. The molecule has 2 aliphatic heterocycles. The van der Waals surface area contributed by atoms with E-state index in [0.717, 1.165) is 60.0 Å². The normalized spacial score (nSPS) is 14.8. The van der Waals surface area contributed by atoms with Crippen LogP contribution in [-0.2, 0) is 6.67 Å². The van der Waals surface area contributed by atoms with Gasteiger partial charge in [0.2, 0.25) is 0 Å². The Morgan fingerprint density at radius 1 is 1.07 bits per heavy atom. The highest BCUT2D eigenvalue weighted by Gasteiger charge is 2.32. The minimum Gasteiger partial charge on any atom is -0.497 e. The van der Waals surface area contributed by atoms with Crippen molar-refractivity contribution in [3.05, 3.63) is 54.7 Å². The largest absolute Gasteiger partial charge is 0.497 e. The Bertz CT molecular complexity index is 1040.